The van der Waals surface area contributed by atoms with Crippen LogP contribution in [0.1, 0.15) is 40.4 Å². The fourth-order valence-corrected chi connectivity index (χ4v) is 5.22. The third-order valence-electron chi connectivity index (χ3n) is 7.19. The molecule has 3 heterocycles. The highest BCUT2D eigenvalue weighted by molar-refractivity contribution is 6.04. The van der Waals surface area contributed by atoms with E-state index in [9.17, 15) is 22.8 Å². The Labute approximate surface area is 224 Å². The Bertz CT molecular complexity index is 1380. The smallest absolute Gasteiger partial charge is 0.379 e. The fraction of sp³-hybridized carbons (Fsp3) is 0.393. The Morgan fingerprint density at radius 2 is 1.92 bits per heavy atom. The van der Waals surface area contributed by atoms with Gasteiger partial charge in [-0.15, -0.1) is 0 Å². The van der Waals surface area contributed by atoms with Crippen molar-refractivity contribution in [3.05, 3.63) is 71.8 Å². The van der Waals surface area contributed by atoms with E-state index in [1.807, 2.05) is 22.8 Å². The molecule has 2 aliphatic heterocycles. The molecule has 1 N–H and O–H groups in total. The van der Waals surface area contributed by atoms with Gasteiger partial charge in [0.05, 0.1) is 35.9 Å². The number of halogens is 3. The van der Waals surface area contributed by atoms with Crippen molar-refractivity contribution < 1.29 is 27.5 Å². The van der Waals surface area contributed by atoms with E-state index in [0.717, 1.165) is 55.7 Å². The summed E-state index contributed by atoms with van der Waals surface area (Å²) in [6.07, 6.45) is -1.79. The first kappa shape index (κ1) is 26.9. The molecule has 0 bridgehead atoms. The molecular formula is C28H30F3N5O3. The molecule has 2 aromatic carbocycles. The lowest BCUT2D eigenvalue weighted by molar-refractivity contribution is -0.137. The molecule has 1 aromatic heterocycles. The summed E-state index contributed by atoms with van der Waals surface area (Å²) >= 11 is 0. The second-order valence-electron chi connectivity index (χ2n) is 9.83. The van der Waals surface area contributed by atoms with E-state index in [0.29, 0.717) is 31.8 Å². The summed E-state index contributed by atoms with van der Waals surface area (Å²) in [4.78, 5) is 34.2. The van der Waals surface area contributed by atoms with Gasteiger partial charge < -0.3 is 14.2 Å². The molecule has 2 saturated heterocycles. The molecule has 2 fully saturated rings. The predicted molar refractivity (Wildman–Crippen MR) is 140 cm³/mol. The number of morpholine rings is 1. The molecule has 11 heteroatoms. The Balaban J connectivity index is 1.49. The number of anilines is 1. The van der Waals surface area contributed by atoms with Crippen molar-refractivity contribution >= 4 is 28.8 Å². The van der Waals surface area contributed by atoms with E-state index < -0.39 is 17.6 Å². The van der Waals surface area contributed by atoms with Crippen LogP contribution in [-0.4, -0.2) is 70.6 Å². The molecular weight excluding hydrogens is 511 g/mol. The number of aromatic nitrogens is 2. The molecule has 0 spiro atoms. The third kappa shape index (κ3) is 5.99. The number of alkyl halides is 3. The highest BCUT2D eigenvalue weighted by Crippen LogP contribution is 2.33. The molecule has 206 valence electrons. The lowest BCUT2D eigenvalue weighted by atomic mass is 10.0. The highest BCUT2D eigenvalue weighted by Gasteiger charge is 2.32. The lowest BCUT2D eigenvalue weighted by Gasteiger charge is -2.33. The lowest BCUT2D eigenvalue weighted by Crippen LogP contribution is -2.40. The van der Waals surface area contributed by atoms with Gasteiger partial charge in [0.1, 0.15) is 0 Å². The van der Waals surface area contributed by atoms with Crippen LogP contribution in [0.15, 0.2) is 55.1 Å². The van der Waals surface area contributed by atoms with Crippen LogP contribution in [0.5, 0.6) is 0 Å². The minimum atomic E-state index is -4.57. The van der Waals surface area contributed by atoms with Crippen LogP contribution in [0.4, 0.5) is 19.1 Å². The van der Waals surface area contributed by atoms with Gasteiger partial charge in [-0.2, -0.15) is 13.2 Å². The van der Waals surface area contributed by atoms with Crippen molar-refractivity contribution in [2.45, 2.75) is 31.6 Å². The zero-order valence-electron chi connectivity index (χ0n) is 21.4. The first-order valence-corrected chi connectivity index (χ1v) is 12.9. The molecule has 3 aromatic rings. The van der Waals surface area contributed by atoms with Crippen LogP contribution >= 0.6 is 0 Å². The van der Waals surface area contributed by atoms with Crippen LogP contribution in [0.2, 0.25) is 0 Å². The molecule has 1 unspecified atom stereocenters. The highest BCUT2D eigenvalue weighted by atomic mass is 19.4. The number of rotatable bonds is 6. The van der Waals surface area contributed by atoms with Crippen molar-refractivity contribution in [2.75, 3.05) is 44.7 Å². The maximum absolute atomic E-state index is 13.2. The monoisotopic (exact) mass is 541 g/mol. The van der Waals surface area contributed by atoms with Gasteiger partial charge in [0, 0.05) is 38.3 Å². The summed E-state index contributed by atoms with van der Waals surface area (Å²) < 4.78 is 47.1. The summed E-state index contributed by atoms with van der Waals surface area (Å²) in [6, 6.07) is 10.0. The molecule has 5 rings (SSSR count). The van der Waals surface area contributed by atoms with Crippen molar-refractivity contribution in [1.29, 1.82) is 0 Å². The summed E-state index contributed by atoms with van der Waals surface area (Å²) in [7, 11) is 0. The Morgan fingerprint density at radius 3 is 2.67 bits per heavy atom. The number of hydrogen-bond acceptors (Lipinski definition) is 5. The average molecular weight is 542 g/mol. The van der Waals surface area contributed by atoms with E-state index in [2.05, 4.69) is 16.8 Å². The predicted octanol–water partition coefficient (Wildman–Crippen LogP) is 4.49. The van der Waals surface area contributed by atoms with Crippen molar-refractivity contribution in [1.82, 2.24) is 19.4 Å². The van der Waals surface area contributed by atoms with E-state index >= 15 is 0 Å². The second kappa shape index (κ2) is 11.2. The molecule has 0 aliphatic carbocycles. The van der Waals surface area contributed by atoms with Gasteiger partial charge in [-0.25, -0.2) is 4.98 Å². The van der Waals surface area contributed by atoms with Crippen LogP contribution in [0.3, 0.4) is 0 Å². The van der Waals surface area contributed by atoms with Crippen molar-refractivity contribution in [2.24, 2.45) is 0 Å². The number of carbonyl (C=O) groups is 2. The van der Waals surface area contributed by atoms with Gasteiger partial charge in [0.15, 0.2) is 0 Å². The minimum absolute atomic E-state index is 0.122. The zero-order chi connectivity index (χ0) is 27.6. The second-order valence-corrected chi connectivity index (χ2v) is 9.83. The largest absolute Gasteiger partial charge is 0.416 e. The quantitative estimate of drug-likeness (QED) is 0.466. The summed E-state index contributed by atoms with van der Waals surface area (Å²) in [5, 5.41) is 2.75. The Hall–Kier alpha value is -3.70. The van der Waals surface area contributed by atoms with E-state index in [1.54, 1.807) is 4.90 Å². The Morgan fingerprint density at radius 1 is 1.13 bits per heavy atom. The van der Waals surface area contributed by atoms with Crippen LogP contribution in [0.25, 0.3) is 11.0 Å². The zero-order valence-corrected chi connectivity index (χ0v) is 21.4. The van der Waals surface area contributed by atoms with Gasteiger partial charge in [-0.1, -0.05) is 18.7 Å². The summed E-state index contributed by atoms with van der Waals surface area (Å²) in [5.74, 6) is -0.638. The molecule has 0 radical (unpaired) electrons. The summed E-state index contributed by atoms with van der Waals surface area (Å²) in [6.45, 7) is 8.35. The first-order valence-electron chi connectivity index (χ1n) is 12.9. The van der Waals surface area contributed by atoms with Gasteiger partial charge in [0.2, 0.25) is 11.9 Å². The Kier molecular flexibility index (Phi) is 7.72. The number of carbonyl (C=O) groups excluding carboxylic acids is 2. The van der Waals surface area contributed by atoms with Crippen LogP contribution in [-0.2, 0) is 22.3 Å². The van der Waals surface area contributed by atoms with Crippen molar-refractivity contribution in [3.8, 4) is 0 Å². The number of ether oxygens (including phenoxy) is 1. The maximum Gasteiger partial charge on any atom is 0.416 e. The topological polar surface area (TPSA) is 79.7 Å². The number of nitrogens with zero attached hydrogens (tertiary/aromatic N) is 4. The fourth-order valence-electron chi connectivity index (χ4n) is 5.22. The van der Waals surface area contributed by atoms with Gasteiger partial charge >= 0.3 is 6.18 Å². The number of likely N-dealkylation sites (tertiary alicyclic amines) is 1. The van der Waals surface area contributed by atoms with Crippen molar-refractivity contribution in [3.63, 3.8) is 0 Å². The first-order chi connectivity index (χ1) is 18.7. The standard InChI is InChI=1S/C28H30F3N5O3/c1-2-25(37)35-10-4-7-22(18-35)36-24-9-8-19(17-34-11-13-39-14-12-34)15-23(24)32-27(36)33-26(38)20-5-3-6-21(16-20)28(29,30)31/h2-3,5-6,8-9,15-16,22H,1,4,7,10-14,17-18H2,(H,32,33,38). The number of piperidine rings is 1. The SMILES string of the molecule is C=CC(=O)N1CCCC(n2c(NC(=O)c3cccc(C(F)(F)F)c3)nc3cc(CN4CCOCC4)ccc32)C1. The normalized spacial score (nSPS) is 18.7. The molecule has 2 aliphatic rings. The molecule has 0 saturated carbocycles. The van der Waals surface area contributed by atoms with E-state index in [1.165, 1.54) is 18.2 Å². The van der Waals surface area contributed by atoms with Gasteiger partial charge in [-0.05, 0) is 54.8 Å². The number of imidazole rings is 1. The van der Waals surface area contributed by atoms with Crippen LogP contribution in [0, 0.1) is 0 Å². The molecule has 39 heavy (non-hydrogen) atoms. The van der Waals surface area contributed by atoms with Crippen LogP contribution < -0.4 is 5.32 Å². The molecule has 1 atom stereocenters. The maximum atomic E-state index is 13.2. The number of fused-ring (bicyclic) bond motifs is 1. The van der Waals surface area contributed by atoms with Gasteiger partial charge in [0.25, 0.3) is 5.91 Å². The summed E-state index contributed by atoms with van der Waals surface area (Å²) in [5.41, 5.74) is 1.47. The number of benzene rings is 2. The average Bonchev–Trinajstić information content (AvgIpc) is 3.29. The van der Waals surface area contributed by atoms with E-state index in [4.69, 9.17) is 9.72 Å². The van der Waals surface area contributed by atoms with E-state index in [-0.39, 0.29) is 23.5 Å². The third-order valence-corrected chi connectivity index (χ3v) is 7.19. The molecule has 2 amide bonds. The number of nitrogens with one attached hydrogen (secondary N) is 1. The number of hydrogen-bond donors (Lipinski definition) is 1. The molecule has 8 nitrogen and oxygen atoms in total. The van der Waals surface area contributed by atoms with Gasteiger partial charge in [-0.3, -0.25) is 19.8 Å². The minimum Gasteiger partial charge on any atom is -0.379 e. The number of amides is 2.